The molecule has 0 amide bonds. The van der Waals surface area contributed by atoms with Gasteiger partial charge in [-0.1, -0.05) is 0 Å². The van der Waals surface area contributed by atoms with Crippen LogP contribution in [0.15, 0.2) is 22.7 Å². The summed E-state index contributed by atoms with van der Waals surface area (Å²) in [4.78, 5) is 11.9. The lowest BCUT2D eigenvalue weighted by atomic mass is 9.99. The van der Waals surface area contributed by atoms with Crippen molar-refractivity contribution >= 4 is 37.8 Å². The van der Waals surface area contributed by atoms with E-state index in [9.17, 15) is 26.4 Å². The van der Waals surface area contributed by atoms with Crippen LogP contribution in [0.3, 0.4) is 0 Å². The van der Waals surface area contributed by atoms with Crippen molar-refractivity contribution in [3.8, 4) is 5.75 Å². The zero-order valence-corrected chi connectivity index (χ0v) is 16.2. The highest BCUT2D eigenvalue weighted by atomic mass is 79.9. The maximum absolute atomic E-state index is 12.7. The number of carbonyl (C=O) groups is 1. The molecule has 0 unspecified atom stereocenters. The Hall–Kier alpha value is -1.75. The van der Waals surface area contributed by atoms with Crippen molar-refractivity contribution in [2.45, 2.75) is 31.9 Å². The third kappa shape index (κ3) is 4.14. The Morgan fingerprint density at radius 1 is 1.31 bits per heavy atom. The highest BCUT2D eigenvalue weighted by Gasteiger charge is 2.49. The van der Waals surface area contributed by atoms with Gasteiger partial charge in [0.05, 0.1) is 22.2 Å². The zero-order chi connectivity index (χ0) is 19.9. The van der Waals surface area contributed by atoms with Gasteiger partial charge in [-0.15, -0.1) is 0 Å². The summed E-state index contributed by atoms with van der Waals surface area (Å²) in [5.74, 6) is -1.29. The summed E-state index contributed by atoms with van der Waals surface area (Å²) in [6.07, 6.45) is 1.08. The third-order valence-corrected chi connectivity index (χ3v) is 4.70. The Balaban J connectivity index is 2.60. The molecule has 6 nitrogen and oxygen atoms in total. The van der Waals surface area contributed by atoms with Gasteiger partial charge in [0, 0.05) is 6.08 Å². The molecule has 1 aromatic rings. The van der Waals surface area contributed by atoms with E-state index >= 15 is 0 Å². The van der Waals surface area contributed by atoms with Crippen LogP contribution in [0.5, 0.6) is 5.75 Å². The Kier molecular flexibility index (Phi) is 5.35. The number of rotatable bonds is 4. The molecule has 0 aromatic heterocycles. The highest BCUT2D eigenvalue weighted by molar-refractivity contribution is 9.10. The topological polar surface area (TPSA) is 78.9 Å². The first-order chi connectivity index (χ1) is 11.8. The second kappa shape index (κ2) is 6.76. The van der Waals surface area contributed by atoms with Crippen LogP contribution < -0.4 is 4.74 Å². The second-order valence-electron chi connectivity index (χ2n) is 5.75. The number of fused-ring (bicyclic) bond motifs is 1. The van der Waals surface area contributed by atoms with Crippen LogP contribution in [0.4, 0.5) is 13.2 Å². The molecule has 11 heteroatoms. The van der Waals surface area contributed by atoms with Gasteiger partial charge in [0.1, 0.15) is 11.4 Å². The van der Waals surface area contributed by atoms with Crippen molar-refractivity contribution in [3.05, 3.63) is 33.8 Å². The average Bonchev–Trinajstić information content (AvgIpc) is 2.46. The number of hydrogen-bond acceptors (Lipinski definition) is 6. The molecule has 0 atom stereocenters. The van der Waals surface area contributed by atoms with E-state index in [1.165, 1.54) is 19.9 Å². The predicted molar refractivity (Wildman–Crippen MR) is 88.8 cm³/mol. The SMILES string of the molecule is CCOC(=O)c1cc(Br)c2c(c1)C(OS(=O)(=O)C(F)(F)F)=CC(C)(C)O2. The number of halogens is 4. The van der Waals surface area contributed by atoms with Gasteiger partial charge >= 0.3 is 21.6 Å². The molecule has 0 bridgehead atoms. The normalized spacial score (nSPS) is 16.2. The molecule has 0 saturated carbocycles. The van der Waals surface area contributed by atoms with Crippen LogP contribution in [0.1, 0.15) is 36.7 Å². The number of benzene rings is 1. The molecule has 0 spiro atoms. The maximum Gasteiger partial charge on any atom is 0.534 e. The minimum atomic E-state index is -5.90. The van der Waals surface area contributed by atoms with Gasteiger partial charge in [-0.2, -0.15) is 21.6 Å². The van der Waals surface area contributed by atoms with E-state index in [1.807, 2.05) is 0 Å². The minimum Gasteiger partial charge on any atom is -0.482 e. The molecule has 0 radical (unpaired) electrons. The summed E-state index contributed by atoms with van der Waals surface area (Å²) in [6.45, 7) is 4.68. The number of hydrogen-bond donors (Lipinski definition) is 0. The first-order valence-electron chi connectivity index (χ1n) is 7.21. The molecule has 26 heavy (non-hydrogen) atoms. The summed E-state index contributed by atoms with van der Waals surface area (Å²) in [5.41, 5.74) is -6.90. The van der Waals surface area contributed by atoms with E-state index in [0.29, 0.717) is 0 Å². The third-order valence-electron chi connectivity index (χ3n) is 3.15. The van der Waals surface area contributed by atoms with Crippen LogP contribution in [0.2, 0.25) is 0 Å². The van der Waals surface area contributed by atoms with Crippen molar-refractivity contribution in [1.82, 2.24) is 0 Å². The molecule has 1 aliphatic heterocycles. The minimum absolute atomic E-state index is 0.0142. The van der Waals surface area contributed by atoms with Crippen molar-refractivity contribution in [1.29, 1.82) is 0 Å². The van der Waals surface area contributed by atoms with E-state index in [-0.39, 0.29) is 28.0 Å². The van der Waals surface area contributed by atoms with Gasteiger partial charge in [0.25, 0.3) is 0 Å². The van der Waals surface area contributed by atoms with Gasteiger partial charge in [-0.3, -0.25) is 0 Å². The molecule has 144 valence electrons. The van der Waals surface area contributed by atoms with E-state index in [4.69, 9.17) is 9.47 Å². The van der Waals surface area contributed by atoms with Crippen molar-refractivity contribution < 1.29 is 40.0 Å². The number of carbonyl (C=O) groups excluding carboxylic acids is 1. The molecule has 1 heterocycles. The van der Waals surface area contributed by atoms with Crippen molar-refractivity contribution in [2.75, 3.05) is 6.61 Å². The van der Waals surface area contributed by atoms with Crippen LogP contribution in [0.25, 0.3) is 5.76 Å². The Labute approximate surface area is 156 Å². The van der Waals surface area contributed by atoms with Crippen LogP contribution in [0, 0.1) is 0 Å². The summed E-state index contributed by atoms with van der Waals surface area (Å²) in [7, 11) is -5.90. The largest absolute Gasteiger partial charge is 0.534 e. The van der Waals surface area contributed by atoms with Gasteiger partial charge in [0.2, 0.25) is 0 Å². The summed E-state index contributed by atoms with van der Waals surface area (Å²) in [6, 6.07) is 2.50. The van der Waals surface area contributed by atoms with Gasteiger partial charge < -0.3 is 13.7 Å². The monoisotopic (exact) mass is 458 g/mol. The molecular formula is C15H14BrF3O6S. The van der Waals surface area contributed by atoms with Crippen LogP contribution in [-0.2, 0) is 19.0 Å². The van der Waals surface area contributed by atoms with Gasteiger partial charge in [0.15, 0.2) is 5.76 Å². The second-order valence-corrected chi connectivity index (χ2v) is 8.14. The van der Waals surface area contributed by atoms with E-state index in [0.717, 1.165) is 12.1 Å². The fourth-order valence-electron chi connectivity index (χ4n) is 2.13. The highest BCUT2D eigenvalue weighted by Crippen LogP contribution is 2.44. The lowest BCUT2D eigenvalue weighted by molar-refractivity contribution is -0.0510. The quantitative estimate of drug-likeness (QED) is 0.385. The Morgan fingerprint density at radius 2 is 1.92 bits per heavy atom. The molecule has 0 aliphatic carbocycles. The predicted octanol–water partition coefficient (Wildman–Crippen LogP) is 4.00. The number of ether oxygens (including phenoxy) is 2. The summed E-state index contributed by atoms with van der Waals surface area (Å²) < 4.78 is 75.9. The molecule has 2 rings (SSSR count). The summed E-state index contributed by atoms with van der Waals surface area (Å²) >= 11 is 3.16. The van der Waals surface area contributed by atoms with Gasteiger partial charge in [-0.25, -0.2) is 4.79 Å². The first kappa shape index (κ1) is 20.6. The molecule has 0 fully saturated rings. The molecule has 1 aromatic carbocycles. The van der Waals surface area contributed by atoms with E-state index in [1.54, 1.807) is 6.92 Å². The lowest BCUT2D eigenvalue weighted by Gasteiger charge is -2.31. The first-order valence-corrected chi connectivity index (χ1v) is 9.41. The van der Waals surface area contributed by atoms with Crippen LogP contribution >= 0.6 is 15.9 Å². The maximum atomic E-state index is 12.7. The van der Waals surface area contributed by atoms with E-state index in [2.05, 4.69) is 20.1 Å². The summed E-state index contributed by atoms with van der Waals surface area (Å²) in [5, 5.41) is 0. The van der Waals surface area contributed by atoms with E-state index < -0.39 is 33.0 Å². The Morgan fingerprint density at radius 3 is 2.46 bits per heavy atom. The van der Waals surface area contributed by atoms with Gasteiger partial charge in [-0.05, 0) is 48.8 Å². The molecule has 0 saturated heterocycles. The average molecular weight is 459 g/mol. The molecule has 0 N–H and O–H groups in total. The Bertz CT molecular complexity index is 874. The zero-order valence-electron chi connectivity index (χ0n) is 13.8. The van der Waals surface area contributed by atoms with Crippen molar-refractivity contribution in [3.63, 3.8) is 0 Å². The number of alkyl halides is 3. The number of esters is 1. The molecular weight excluding hydrogens is 445 g/mol. The lowest BCUT2D eigenvalue weighted by Crippen LogP contribution is -2.32. The fraction of sp³-hybridized carbons (Fsp3) is 0.400. The smallest absolute Gasteiger partial charge is 0.482 e. The van der Waals surface area contributed by atoms with Crippen molar-refractivity contribution in [2.24, 2.45) is 0 Å². The standard InChI is InChI=1S/C15H14BrF3O6S/c1-4-23-13(20)8-5-9-11(25-26(21,22)15(17,18)19)7-14(2,3)24-12(9)10(16)6-8/h5-7H,4H2,1-3H3. The van der Waals surface area contributed by atoms with Crippen LogP contribution in [-0.4, -0.2) is 32.1 Å². The fourth-order valence-corrected chi connectivity index (χ4v) is 3.14. The molecule has 1 aliphatic rings.